The summed E-state index contributed by atoms with van der Waals surface area (Å²) in [5.74, 6) is 0.846. The normalized spacial score (nSPS) is 14.1. The predicted molar refractivity (Wildman–Crippen MR) is 126 cm³/mol. The summed E-state index contributed by atoms with van der Waals surface area (Å²) < 4.78 is 26.1. The maximum atomic E-state index is 14.8. The molecule has 7 nitrogen and oxygen atoms in total. The molecule has 0 saturated carbocycles. The smallest absolute Gasteiger partial charge is 0.224 e. The van der Waals surface area contributed by atoms with Crippen LogP contribution in [-0.2, 0) is 4.74 Å². The SMILES string of the molecule is CCCCOc1ccnc(F)c1-c1ccc2[nH]nc(-c3ccnc(N4CCOCC4)c3)c2c1. The van der Waals surface area contributed by atoms with Crippen LogP contribution < -0.4 is 9.64 Å². The van der Waals surface area contributed by atoms with E-state index in [2.05, 4.69) is 32.0 Å². The molecule has 0 spiro atoms. The standard InChI is InChI=1S/C25H26FN5O2/c1-2-3-12-33-21-7-9-28-25(26)23(21)17-4-5-20-19(15-17)24(30-29-20)18-6-8-27-22(16-18)31-10-13-32-14-11-31/h4-9,15-16H,2-3,10-14H2,1H3,(H,29,30). The van der Waals surface area contributed by atoms with Crippen molar-refractivity contribution in [1.29, 1.82) is 0 Å². The molecule has 0 unspecified atom stereocenters. The van der Waals surface area contributed by atoms with E-state index in [1.165, 1.54) is 6.20 Å². The number of halogens is 1. The fourth-order valence-electron chi connectivity index (χ4n) is 4.05. The van der Waals surface area contributed by atoms with Gasteiger partial charge in [0.15, 0.2) is 0 Å². The van der Waals surface area contributed by atoms with Gasteiger partial charge in [-0.25, -0.2) is 9.97 Å². The van der Waals surface area contributed by atoms with Gasteiger partial charge in [-0.05, 0) is 42.3 Å². The summed E-state index contributed by atoms with van der Waals surface area (Å²) in [6, 6.07) is 11.4. The van der Waals surface area contributed by atoms with Crippen molar-refractivity contribution in [2.45, 2.75) is 19.8 Å². The topological polar surface area (TPSA) is 76.2 Å². The van der Waals surface area contributed by atoms with E-state index in [0.29, 0.717) is 36.7 Å². The van der Waals surface area contributed by atoms with E-state index < -0.39 is 5.95 Å². The number of anilines is 1. The minimum absolute atomic E-state index is 0.367. The van der Waals surface area contributed by atoms with Crippen LogP contribution in [-0.4, -0.2) is 53.1 Å². The zero-order valence-electron chi connectivity index (χ0n) is 18.6. The van der Waals surface area contributed by atoms with Crippen molar-refractivity contribution >= 4 is 16.7 Å². The van der Waals surface area contributed by atoms with Gasteiger partial charge < -0.3 is 14.4 Å². The average molecular weight is 448 g/mol. The number of aromatic amines is 1. The molecule has 0 amide bonds. The zero-order chi connectivity index (χ0) is 22.6. The Morgan fingerprint density at radius 2 is 1.91 bits per heavy atom. The maximum absolute atomic E-state index is 14.8. The minimum Gasteiger partial charge on any atom is -0.493 e. The third kappa shape index (κ3) is 4.39. The molecule has 1 aliphatic heterocycles. The number of unbranched alkanes of at least 4 members (excludes halogenated alkanes) is 1. The van der Waals surface area contributed by atoms with Crippen LogP contribution in [0.2, 0.25) is 0 Å². The van der Waals surface area contributed by atoms with E-state index in [1.54, 1.807) is 12.3 Å². The third-order valence-electron chi connectivity index (χ3n) is 5.83. The Kier molecular flexibility index (Phi) is 6.17. The quantitative estimate of drug-likeness (QED) is 0.323. The molecule has 0 aliphatic carbocycles. The number of aromatic nitrogens is 4. The Balaban J connectivity index is 1.54. The Hall–Kier alpha value is -3.52. The first-order chi connectivity index (χ1) is 16.2. The lowest BCUT2D eigenvalue weighted by atomic mass is 10.0. The lowest BCUT2D eigenvalue weighted by Crippen LogP contribution is -2.36. The number of rotatable bonds is 7. The number of nitrogens with one attached hydrogen (secondary N) is 1. The van der Waals surface area contributed by atoms with Gasteiger partial charge in [-0.2, -0.15) is 9.49 Å². The van der Waals surface area contributed by atoms with Crippen LogP contribution >= 0.6 is 0 Å². The Morgan fingerprint density at radius 1 is 1.06 bits per heavy atom. The van der Waals surface area contributed by atoms with Crippen molar-refractivity contribution < 1.29 is 13.9 Å². The minimum atomic E-state index is -0.549. The zero-order valence-corrected chi connectivity index (χ0v) is 18.6. The summed E-state index contributed by atoms with van der Waals surface area (Å²) in [6.45, 7) is 5.63. The number of nitrogens with zero attached hydrogens (tertiary/aromatic N) is 4. The highest BCUT2D eigenvalue weighted by molar-refractivity contribution is 5.96. The van der Waals surface area contributed by atoms with Crippen LogP contribution in [0, 0.1) is 5.95 Å². The van der Waals surface area contributed by atoms with Crippen LogP contribution in [0.1, 0.15) is 19.8 Å². The van der Waals surface area contributed by atoms with Crippen molar-refractivity contribution in [3.8, 4) is 28.1 Å². The van der Waals surface area contributed by atoms with E-state index in [1.807, 2.05) is 30.3 Å². The average Bonchev–Trinajstić information content (AvgIpc) is 3.28. The van der Waals surface area contributed by atoms with Gasteiger partial charge in [-0.15, -0.1) is 0 Å². The van der Waals surface area contributed by atoms with Crippen LogP contribution in [0.4, 0.5) is 10.2 Å². The summed E-state index contributed by atoms with van der Waals surface area (Å²) in [5.41, 5.74) is 3.68. The number of hydrogen-bond donors (Lipinski definition) is 1. The second-order valence-corrected chi connectivity index (χ2v) is 8.01. The summed E-state index contributed by atoms with van der Waals surface area (Å²) in [4.78, 5) is 10.6. The highest BCUT2D eigenvalue weighted by Gasteiger charge is 2.18. The predicted octanol–water partition coefficient (Wildman–Crippen LogP) is 4.84. The van der Waals surface area contributed by atoms with Crippen molar-refractivity contribution in [1.82, 2.24) is 20.2 Å². The second-order valence-electron chi connectivity index (χ2n) is 8.01. The molecule has 4 heterocycles. The Morgan fingerprint density at radius 3 is 2.76 bits per heavy atom. The van der Waals surface area contributed by atoms with Crippen molar-refractivity contribution in [2.24, 2.45) is 0 Å². The molecule has 1 aliphatic rings. The molecular formula is C25H26FN5O2. The van der Waals surface area contributed by atoms with Gasteiger partial charge in [-0.1, -0.05) is 19.4 Å². The molecule has 3 aromatic heterocycles. The molecule has 5 rings (SSSR count). The summed E-state index contributed by atoms with van der Waals surface area (Å²) >= 11 is 0. The van der Waals surface area contributed by atoms with Gasteiger partial charge in [0.1, 0.15) is 17.3 Å². The van der Waals surface area contributed by atoms with Gasteiger partial charge in [0.2, 0.25) is 5.95 Å². The van der Waals surface area contributed by atoms with E-state index in [4.69, 9.17) is 9.47 Å². The summed E-state index contributed by atoms with van der Waals surface area (Å²) in [5, 5.41) is 8.54. The van der Waals surface area contributed by atoms with Gasteiger partial charge >= 0.3 is 0 Å². The van der Waals surface area contributed by atoms with Gasteiger partial charge in [-0.3, -0.25) is 5.10 Å². The van der Waals surface area contributed by atoms with Crippen molar-refractivity contribution in [2.75, 3.05) is 37.8 Å². The van der Waals surface area contributed by atoms with E-state index in [9.17, 15) is 4.39 Å². The monoisotopic (exact) mass is 447 g/mol. The first-order valence-electron chi connectivity index (χ1n) is 11.3. The van der Waals surface area contributed by atoms with Crippen LogP contribution in [0.5, 0.6) is 5.75 Å². The highest BCUT2D eigenvalue weighted by atomic mass is 19.1. The summed E-state index contributed by atoms with van der Waals surface area (Å²) in [7, 11) is 0. The maximum Gasteiger partial charge on any atom is 0.224 e. The Labute approximate surface area is 191 Å². The van der Waals surface area contributed by atoms with Crippen LogP contribution in [0.25, 0.3) is 33.3 Å². The van der Waals surface area contributed by atoms with Crippen molar-refractivity contribution in [3.63, 3.8) is 0 Å². The number of benzene rings is 1. The molecule has 1 saturated heterocycles. The van der Waals surface area contributed by atoms with Gasteiger partial charge in [0.25, 0.3) is 0 Å². The first-order valence-corrected chi connectivity index (χ1v) is 11.3. The number of fused-ring (bicyclic) bond motifs is 1. The van der Waals surface area contributed by atoms with E-state index in [0.717, 1.165) is 53.9 Å². The van der Waals surface area contributed by atoms with E-state index >= 15 is 0 Å². The second kappa shape index (κ2) is 9.54. The largest absolute Gasteiger partial charge is 0.493 e. The van der Waals surface area contributed by atoms with Crippen molar-refractivity contribution in [3.05, 3.63) is 54.7 Å². The molecule has 170 valence electrons. The molecule has 33 heavy (non-hydrogen) atoms. The third-order valence-corrected chi connectivity index (χ3v) is 5.83. The molecule has 0 radical (unpaired) electrons. The molecular weight excluding hydrogens is 421 g/mol. The number of hydrogen-bond acceptors (Lipinski definition) is 6. The highest BCUT2D eigenvalue weighted by Crippen LogP contribution is 2.36. The van der Waals surface area contributed by atoms with Crippen LogP contribution in [0.3, 0.4) is 0 Å². The molecule has 0 bridgehead atoms. The van der Waals surface area contributed by atoms with E-state index in [-0.39, 0.29) is 0 Å². The Bertz CT molecular complexity index is 1250. The lowest BCUT2D eigenvalue weighted by molar-refractivity contribution is 0.122. The molecule has 1 N–H and O–H groups in total. The fourth-order valence-corrected chi connectivity index (χ4v) is 4.05. The molecule has 0 atom stereocenters. The number of ether oxygens (including phenoxy) is 2. The molecule has 8 heteroatoms. The van der Waals surface area contributed by atoms with Gasteiger partial charge in [0.05, 0.1) is 30.9 Å². The first kappa shape index (κ1) is 21.3. The number of pyridine rings is 2. The number of morpholine rings is 1. The molecule has 1 fully saturated rings. The molecule has 4 aromatic rings. The fraction of sp³-hybridized carbons (Fsp3) is 0.320. The molecule has 1 aromatic carbocycles. The lowest BCUT2D eigenvalue weighted by Gasteiger charge is -2.27. The number of H-pyrrole nitrogens is 1. The van der Waals surface area contributed by atoms with Crippen LogP contribution in [0.15, 0.2) is 48.8 Å². The van der Waals surface area contributed by atoms with Gasteiger partial charge in [0, 0.05) is 36.4 Å². The summed E-state index contributed by atoms with van der Waals surface area (Å²) in [6.07, 6.45) is 5.14.